The molecule has 0 unspecified atom stereocenters. The van der Waals surface area contributed by atoms with Gasteiger partial charge in [0.2, 0.25) is 0 Å². The molecule has 6 heteroatoms. The summed E-state index contributed by atoms with van der Waals surface area (Å²) in [5.74, 6) is 0. The van der Waals surface area contributed by atoms with E-state index in [1.165, 1.54) is 17.4 Å². The Morgan fingerprint density at radius 3 is 2.95 bits per heavy atom. The molecular formula is C15H19ClN4O. The van der Waals surface area contributed by atoms with Crippen LogP contribution in [-0.2, 0) is 0 Å². The molecule has 0 saturated heterocycles. The van der Waals surface area contributed by atoms with Gasteiger partial charge in [0.05, 0.1) is 11.9 Å². The lowest BCUT2D eigenvalue weighted by Gasteiger charge is -2.24. The highest BCUT2D eigenvalue weighted by Gasteiger charge is 2.07. The molecule has 0 atom stereocenters. The van der Waals surface area contributed by atoms with Gasteiger partial charge in [-0.25, -0.2) is 5.10 Å². The fourth-order valence-electron chi connectivity index (χ4n) is 2.13. The fourth-order valence-corrected chi connectivity index (χ4v) is 2.28. The van der Waals surface area contributed by atoms with E-state index in [1.54, 1.807) is 0 Å². The Morgan fingerprint density at radius 1 is 1.43 bits per heavy atom. The van der Waals surface area contributed by atoms with Gasteiger partial charge in [-0.2, -0.15) is 5.10 Å². The van der Waals surface area contributed by atoms with Crippen LogP contribution < -0.4 is 15.8 Å². The lowest BCUT2D eigenvalue weighted by molar-refractivity contribution is 0.833. The molecule has 1 aromatic heterocycles. The molecule has 0 aliphatic carbocycles. The van der Waals surface area contributed by atoms with E-state index >= 15 is 0 Å². The number of hydrogen-bond acceptors (Lipinski definition) is 4. The van der Waals surface area contributed by atoms with Crippen molar-refractivity contribution in [3.63, 3.8) is 0 Å². The molecular weight excluding hydrogens is 288 g/mol. The maximum atomic E-state index is 11.4. The molecule has 21 heavy (non-hydrogen) atoms. The molecule has 0 aliphatic rings. The van der Waals surface area contributed by atoms with Gasteiger partial charge in [-0.3, -0.25) is 4.79 Å². The summed E-state index contributed by atoms with van der Waals surface area (Å²) in [6.45, 7) is 6.59. The van der Waals surface area contributed by atoms with Crippen LogP contribution in [0.15, 0.2) is 35.3 Å². The van der Waals surface area contributed by atoms with Crippen LogP contribution >= 0.6 is 11.6 Å². The third kappa shape index (κ3) is 3.98. The van der Waals surface area contributed by atoms with Crippen molar-refractivity contribution in [2.75, 3.05) is 29.9 Å². The maximum Gasteiger partial charge on any atom is 0.285 e. The summed E-state index contributed by atoms with van der Waals surface area (Å²) in [5, 5.41) is 9.32. The molecule has 2 rings (SSSR count). The molecule has 2 aromatic rings. The second kappa shape index (κ2) is 7.13. The Labute approximate surface area is 128 Å². The molecule has 0 bridgehead atoms. The number of nitrogens with zero attached hydrogens (tertiary/aromatic N) is 2. The van der Waals surface area contributed by atoms with Crippen LogP contribution in [0, 0.1) is 6.92 Å². The molecule has 0 fully saturated rings. The second-order valence-electron chi connectivity index (χ2n) is 4.77. The normalized spacial score (nSPS) is 10.4. The van der Waals surface area contributed by atoms with E-state index in [1.807, 2.05) is 0 Å². The number of rotatable bonds is 6. The van der Waals surface area contributed by atoms with Crippen molar-refractivity contribution in [1.29, 1.82) is 0 Å². The zero-order chi connectivity index (χ0) is 15.2. The minimum absolute atomic E-state index is 0.142. The molecule has 1 heterocycles. The zero-order valence-corrected chi connectivity index (χ0v) is 12.9. The van der Waals surface area contributed by atoms with E-state index in [0.717, 1.165) is 13.1 Å². The first-order valence-electron chi connectivity index (χ1n) is 6.90. The van der Waals surface area contributed by atoms with E-state index in [9.17, 15) is 4.79 Å². The van der Waals surface area contributed by atoms with E-state index in [2.05, 4.69) is 58.5 Å². The maximum absolute atomic E-state index is 11.4. The van der Waals surface area contributed by atoms with Crippen molar-refractivity contribution in [2.24, 2.45) is 0 Å². The first-order valence-corrected chi connectivity index (χ1v) is 7.28. The third-order valence-corrected chi connectivity index (χ3v) is 3.62. The minimum atomic E-state index is -0.382. The van der Waals surface area contributed by atoms with Crippen LogP contribution in [0.5, 0.6) is 0 Å². The lowest BCUT2D eigenvalue weighted by Crippen LogP contribution is -2.29. The van der Waals surface area contributed by atoms with Gasteiger partial charge in [0.25, 0.3) is 5.56 Å². The van der Waals surface area contributed by atoms with Crippen LogP contribution in [0.1, 0.15) is 12.5 Å². The molecule has 2 N–H and O–H groups in total. The first kappa shape index (κ1) is 15.4. The van der Waals surface area contributed by atoms with E-state index in [4.69, 9.17) is 11.6 Å². The fraction of sp³-hybridized carbons (Fsp3) is 0.333. The van der Waals surface area contributed by atoms with Crippen molar-refractivity contribution in [3.8, 4) is 0 Å². The summed E-state index contributed by atoms with van der Waals surface area (Å²) in [6, 6.07) is 8.39. The van der Waals surface area contributed by atoms with Crippen molar-refractivity contribution >= 4 is 23.0 Å². The summed E-state index contributed by atoms with van der Waals surface area (Å²) < 4.78 is 0. The van der Waals surface area contributed by atoms with Gasteiger partial charge in [0, 0.05) is 25.3 Å². The molecule has 0 amide bonds. The zero-order valence-electron chi connectivity index (χ0n) is 12.2. The van der Waals surface area contributed by atoms with Gasteiger partial charge >= 0.3 is 0 Å². The van der Waals surface area contributed by atoms with Crippen molar-refractivity contribution < 1.29 is 0 Å². The highest BCUT2D eigenvalue weighted by Crippen LogP contribution is 2.16. The SMILES string of the molecule is CCN(CCNc1cn[nH]c(=O)c1Cl)c1cccc(C)c1. The van der Waals surface area contributed by atoms with Gasteiger partial charge in [0.1, 0.15) is 5.02 Å². The molecule has 0 saturated carbocycles. The van der Waals surface area contributed by atoms with Crippen LogP contribution in [0.3, 0.4) is 0 Å². The summed E-state index contributed by atoms with van der Waals surface area (Å²) in [4.78, 5) is 13.6. The van der Waals surface area contributed by atoms with Crippen LogP contribution in [0.4, 0.5) is 11.4 Å². The number of likely N-dealkylation sites (N-methyl/N-ethyl adjacent to an activating group) is 1. The number of aromatic nitrogens is 2. The standard InChI is InChI=1S/C15H19ClN4O/c1-3-20(12-6-4-5-11(2)9-12)8-7-17-13-10-18-19-15(21)14(13)16/h4-6,9-10H,3,7-8H2,1-2H3,(H2,17,19,21). The number of nitrogens with one attached hydrogen (secondary N) is 2. The van der Waals surface area contributed by atoms with E-state index in [-0.39, 0.29) is 10.6 Å². The number of benzene rings is 1. The van der Waals surface area contributed by atoms with Crippen molar-refractivity contribution in [3.05, 3.63) is 51.4 Å². The number of halogens is 1. The highest BCUT2D eigenvalue weighted by atomic mass is 35.5. The number of aromatic amines is 1. The molecule has 0 spiro atoms. The van der Waals surface area contributed by atoms with Crippen molar-refractivity contribution in [2.45, 2.75) is 13.8 Å². The van der Waals surface area contributed by atoms with Crippen molar-refractivity contribution in [1.82, 2.24) is 10.2 Å². The van der Waals surface area contributed by atoms with Gasteiger partial charge in [0.15, 0.2) is 0 Å². The predicted molar refractivity (Wildman–Crippen MR) is 87.4 cm³/mol. The molecule has 112 valence electrons. The average molecular weight is 307 g/mol. The minimum Gasteiger partial charge on any atom is -0.381 e. The summed E-state index contributed by atoms with van der Waals surface area (Å²) in [5.41, 5.74) is 2.60. The average Bonchev–Trinajstić information content (AvgIpc) is 2.48. The van der Waals surface area contributed by atoms with Crippen LogP contribution in [-0.4, -0.2) is 29.8 Å². The molecule has 5 nitrogen and oxygen atoms in total. The van der Waals surface area contributed by atoms with Gasteiger partial charge in [-0.15, -0.1) is 0 Å². The largest absolute Gasteiger partial charge is 0.381 e. The monoisotopic (exact) mass is 306 g/mol. The summed E-state index contributed by atoms with van der Waals surface area (Å²) in [7, 11) is 0. The summed E-state index contributed by atoms with van der Waals surface area (Å²) >= 11 is 5.92. The Bertz CT molecular complexity index is 656. The third-order valence-electron chi connectivity index (χ3n) is 3.24. The second-order valence-corrected chi connectivity index (χ2v) is 5.15. The topological polar surface area (TPSA) is 61.0 Å². The molecule has 1 aromatic carbocycles. The van der Waals surface area contributed by atoms with Crippen LogP contribution in [0.2, 0.25) is 5.02 Å². The van der Waals surface area contributed by atoms with Gasteiger partial charge in [-0.1, -0.05) is 23.7 Å². The number of anilines is 2. The Hall–Kier alpha value is -2.01. The Balaban J connectivity index is 1.98. The number of H-pyrrole nitrogens is 1. The van der Waals surface area contributed by atoms with Crippen LogP contribution in [0.25, 0.3) is 0 Å². The van der Waals surface area contributed by atoms with Gasteiger partial charge < -0.3 is 10.2 Å². The Morgan fingerprint density at radius 2 is 2.24 bits per heavy atom. The molecule has 0 radical (unpaired) electrons. The first-order chi connectivity index (χ1) is 10.1. The van der Waals surface area contributed by atoms with E-state index < -0.39 is 0 Å². The van der Waals surface area contributed by atoms with Gasteiger partial charge in [-0.05, 0) is 31.5 Å². The number of aryl methyl sites for hydroxylation is 1. The lowest BCUT2D eigenvalue weighted by atomic mass is 10.2. The quantitative estimate of drug-likeness (QED) is 0.861. The predicted octanol–water partition coefficient (Wildman–Crippen LogP) is 2.67. The Kier molecular flexibility index (Phi) is 5.22. The smallest absolute Gasteiger partial charge is 0.285 e. The number of hydrogen-bond donors (Lipinski definition) is 2. The summed E-state index contributed by atoms with van der Waals surface area (Å²) in [6.07, 6.45) is 1.52. The highest BCUT2D eigenvalue weighted by molar-refractivity contribution is 6.32. The van der Waals surface area contributed by atoms with E-state index in [0.29, 0.717) is 12.2 Å². The molecule has 0 aliphatic heterocycles.